The molecule has 0 saturated carbocycles. The molecule has 3 aromatic rings. The molecule has 0 aliphatic carbocycles. The monoisotopic (exact) mass is 297 g/mol. The van der Waals surface area contributed by atoms with Crippen molar-refractivity contribution in [1.29, 1.82) is 0 Å². The van der Waals surface area contributed by atoms with Crippen LogP contribution in [0.2, 0.25) is 0 Å². The van der Waals surface area contributed by atoms with Crippen LogP contribution in [0.3, 0.4) is 0 Å². The smallest absolute Gasteiger partial charge is 0.137 e. The number of ether oxygens (including phenoxy) is 1. The van der Waals surface area contributed by atoms with Gasteiger partial charge in [-0.3, -0.25) is 4.98 Å². The fourth-order valence-corrected chi connectivity index (χ4v) is 2.39. The van der Waals surface area contributed by atoms with E-state index in [9.17, 15) is 8.78 Å². The van der Waals surface area contributed by atoms with Crippen molar-refractivity contribution < 1.29 is 13.5 Å². The Labute approximate surface area is 127 Å². The van der Waals surface area contributed by atoms with Crippen LogP contribution >= 0.6 is 0 Å². The standard InChI is InChI=1S/C18H13F2NO/c1-22-18-16(12-4-2-6-14(19)8-12)10-21-11-17(18)13-5-3-7-15(20)9-13/h2-11H,1H3. The van der Waals surface area contributed by atoms with Gasteiger partial charge in [-0.15, -0.1) is 0 Å². The van der Waals surface area contributed by atoms with Gasteiger partial charge >= 0.3 is 0 Å². The Hall–Kier alpha value is -2.75. The van der Waals surface area contributed by atoms with E-state index < -0.39 is 0 Å². The van der Waals surface area contributed by atoms with Crippen molar-refractivity contribution in [3.8, 4) is 28.0 Å². The predicted octanol–water partition coefficient (Wildman–Crippen LogP) is 4.70. The van der Waals surface area contributed by atoms with Crippen molar-refractivity contribution in [1.82, 2.24) is 4.98 Å². The van der Waals surface area contributed by atoms with Gasteiger partial charge in [0.25, 0.3) is 0 Å². The fourth-order valence-electron chi connectivity index (χ4n) is 2.39. The van der Waals surface area contributed by atoms with E-state index in [0.29, 0.717) is 28.0 Å². The van der Waals surface area contributed by atoms with Crippen molar-refractivity contribution in [3.05, 3.63) is 72.6 Å². The molecule has 4 heteroatoms. The first-order valence-corrected chi connectivity index (χ1v) is 6.73. The average molecular weight is 297 g/mol. The quantitative estimate of drug-likeness (QED) is 0.699. The van der Waals surface area contributed by atoms with Crippen molar-refractivity contribution in [2.45, 2.75) is 0 Å². The van der Waals surface area contributed by atoms with E-state index in [2.05, 4.69) is 4.98 Å². The molecule has 0 radical (unpaired) electrons. The molecule has 2 nitrogen and oxygen atoms in total. The maximum Gasteiger partial charge on any atom is 0.137 e. The molecule has 110 valence electrons. The van der Waals surface area contributed by atoms with E-state index in [0.717, 1.165) is 0 Å². The molecule has 0 unspecified atom stereocenters. The zero-order valence-corrected chi connectivity index (χ0v) is 11.9. The van der Waals surface area contributed by atoms with Crippen LogP contribution in [0.15, 0.2) is 60.9 Å². The molecule has 0 fully saturated rings. The summed E-state index contributed by atoms with van der Waals surface area (Å²) in [5, 5.41) is 0. The van der Waals surface area contributed by atoms with Gasteiger partial charge in [-0.25, -0.2) is 8.78 Å². The van der Waals surface area contributed by atoms with E-state index in [1.807, 2.05) is 0 Å². The van der Waals surface area contributed by atoms with Gasteiger partial charge in [0.1, 0.15) is 17.4 Å². The average Bonchev–Trinajstić information content (AvgIpc) is 2.54. The molecule has 1 aromatic heterocycles. The largest absolute Gasteiger partial charge is 0.495 e. The summed E-state index contributed by atoms with van der Waals surface area (Å²) in [7, 11) is 1.53. The van der Waals surface area contributed by atoms with Crippen molar-refractivity contribution in [2.75, 3.05) is 7.11 Å². The molecule has 22 heavy (non-hydrogen) atoms. The second-order valence-corrected chi connectivity index (χ2v) is 4.79. The van der Waals surface area contributed by atoms with Crippen LogP contribution in [-0.2, 0) is 0 Å². The van der Waals surface area contributed by atoms with E-state index in [1.54, 1.807) is 36.7 Å². The third-order valence-corrected chi connectivity index (χ3v) is 3.37. The third-order valence-electron chi connectivity index (χ3n) is 3.37. The molecular weight excluding hydrogens is 284 g/mol. The van der Waals surface area contributed by atoms with Crippen LogP contribution in [-0.4, -0.2) is 12.1 Å². The fraction of sp³-hybridized carbons (Fsp3) is 0.0556. The first-order valence-electron chi connectivity index (χ1n) is 6.73. The molecule has 3 rings (SSSR count). The van der Waals surface area contributed by atoms with Gasteiger partial charge in [0.05, 0.1) is 7.11 Å². The second-order valence-electron chi connectivity index (χ2n) is 4.79. The lowest BCUT2D eigenvalue weighted by Crippen LogP contribution is -1.94. The molecule has 1 heterocycles. The Kier molecular flexibility index (Phi) is 3.83. The molecular formula is C18H13F2NO. The van der Waals surface area contributed by atoms with Gasteiger partial charge in [0, 0.05) is 23.5 Å². The molecule has 0 aliphatic heterocycles. The van der Waals surface area contributed by atoms with Crippen LogP contribution in [0.1, 0.15) is 0 Å². The van der Waals surface area contributed by atoms with Crippen LogP contribution in [0.5, 0.6) is 5.75 Å². The first kappa shape index (κ1) is 14.2. The summed E-state index contributed by atoms with van der Waals surface area (Å²) in [5.74, 6) is -0.141. The van der Waals surface area contributed by atoms with Crippen LogP contribution in [0, 0.1) is 11.6 Å². The van der Waals surface area contributed by atoms with E-state index in [4.69, 9.17) is 4.74 Å². The van der Waals surface area contributed by atoms with E-state index >= 15 is 0 Å². The number of hydrogen-bond donors (Lipinski definition) is 0. The Bertz CT molecular complexity index is 754. The number of hydrogen-bond acceptors (Lipinski definition) is 2. The van der Waals surface area contributed by atoms with Crippen LogP contribution in [0.25, 0.3) is 22.3 Å². The molecule has 2 aromatic carbocycles. The Balaban J connectivity index is 2.20. The van der Waals surface area contributed by atoms with E-state index in [-0.39, 0.29) is 11.6 Å². The highest BCUT2D eigenvalue weighted by atomic mass is 19.1. The zero-order valence-electron chi connectivity index (χ0n) is 11.9. The Morgan fingerprint density at radius 3 is 1.73 bits per heavy atom. The summed E-state index contributed by atoms with van der Waals surface area (Å²) in [4.78, 5) is 4.18. The Morgan fingerprint density at radius 2 is 1.32 bits per heavy atom. The number of rotatable bonds is 3. The topological polar surface area (TPSA) is 22.1 Å². The maximum atomic E-state index is 13.5. The molecule has 0 N–H and O–H groups in total. The Morgan fingerprint density at radius 1 is 0.818 bits per heavy atom. The number of nitrogens with zero attached hydrogens (tertiary/aromatic N) is 1. The maximum absolute atomic E-state index is 13.5. The van der Waals surface area contributed by atoms with Gasteiger partial charge in [-0.2, -0.15) is 0 Å². The predicted molar refractivity (Wildman–Crippen MR) is 81.6 cm³/mol. The van der Waals surface area contributed by atoms with Gasteiger partial charge in [0.2, 0.25) is 0 Å². The minimum absolute atomic E-state index is 0.337. The minimum atomic E-state index is -0.337. The molecule has 0 saturated heterocycles. The second kappa shape index (κ2) is 5.93. The number of halogens is 2. The van der Waals surface area contributed by atoms with Crippen LogP contribution in [0.4, 0.5) is 8.78 Å². The highest BCUT2D eigenvalue weighted by molar-refractivity contribution is 5.81. The van der Waals surface area contributed by atoms with Gasteiger partial charge in [0.15, 0.2) is 0 Å². The van der Waals surface area contributed by atoms with Gasteiger partial charge in [-0.05, 0) is 35.4 Å². The zero-order chi connectivity index (χ0) is 15.5. The van der Waals surface area contributed by atoms with Gasteiger partial charge < -0.3 is 4.74 Å². The van der Waals surface area contributed by atoms with Crippen molar-refractivity contribution in [2.24, 2.45) is 0 Å². The molecule has 0 atom stereocenters. The molecule has 0 spiro atoms. The summed E-state index contributed by atoms with van der Waals surface area (Å²) in [6.45, 7) is 0. The summed E-state index contributed by atoms with van der Waals surface area (Å²) in [6.07, 6.45) is 3.22. The lowest BCUT2D eigenvalue weighted by atomic mass is 10.00. The van der Waals surface area contributed by atoms with Crippen molar-refractivity contribution in [3.63, 3.8) is 0 Å². The molecule has 0 aliphatic rings. The van der Waals surface area contributed by atoms with Crippen LogP contribution < -0.4 is 4.74 Å². The van der Waals surface area contributed by atoms with Crippen molar-refractivity contribution >= 4 is 0 Å². The number of aromatic nitrogens is 1. The summed E-state index contributed by atoms with van der Waals surface area (Å²) in [6, 6.07) is 12.4. The number of benzene rings is 2. The lowest BCUT2D eigenvalue weighted by Gasteiger charge is -2.13. The number of methoxy groups -OCH3 is 1. The highest BCUT2D eigenvalue weighted by Crippen LogP contribution is 2.38. The number of pyridine rings is 1. The summed E-state index contributed by atoms with van der Waals surface area (Å²) >= 11 is 0. The summed E-state index contributed by atoms with van der Waals surface area (Å²) < 4.78 is 32.4. The highest BCUT2D eigenvalue weighted by Gasteiger charge is 2.14. The SMILES string of the molecule is COc1c(-c2cccc(F)c2)cncc1-c1cccc(F)c1. The van der Waals surface area contributed by atoms with E-state index in [1.165, 1.54) is 31.4 Å². The summed E-state index contributed by atoms with van der Waals surface area (Å²) in [5.41, 5.74) is 2.62. The first-order chi connectivity index (χ1) is 10.7. The molecule has 0 amide bonds. The molecule has 0 bridgehead atoms. The minimum Gasteiger partial charge on any atom is -0.495 e. The third kappa shape index (κ3) is 2.68. The normalized spacial score (nSPS) is 10.5. The lowest BCUT2D eigenvalue weighted by molar-refractivity contribution is 0.417. The van der Waals surface area contributed by atoms with Gasteiger partial charge in [-0.1, -0.05) is 24.3 Å².